The summed E-state index contributed by atoms with van der Waals surface area (Å²) in [6.45, 7) is 22.6. The van der Waals surface area contributed by atoms with E-state index >= 15 is 0 Å². The average molecular weight is 503 g/mol. The van der Waals surface area contributed by atoms with Crippen molar-refractivity contribution in [2.45, 2.75) is 19.9 Å². The van der Waals surface area contributed by atoms with Crippen molar-refractivity contribution in [1.82, 2.24) is 29.8 Å². The Morgan fingerprint density at radius 3 is 2.47 bits per heavy atom. The van der Waals surface area contributed by atoms with Gasteiger partial charge in [0.25, 0.3) is 0 Å². The minimum atomic E-state index is 0.674. The Kier molecular flexibility index (Phi) is 9.79. The van der Waals surface area contributed by atoms with E-state index < -0.39 is 0 Å². The molecule has 0 radical (unpaired) electrons. The molecule has 3 aromatic rings. The summed E-state index contributed by atoms with van der Waals surface area (Å²) in [7, 11) is 2.15. The molecule has 6 nitrogen and oxygen atoms in total. The number of aromatic nitrogens is 4. The van der Waals surface area contributed by atoms with Crippen molar-refractivity contribution < 1.29 is 0 Å². The summed E-state index contributed by atoms with van der Waals surface area (Å²) in [5, 5.41) is 9.89. The standard InChI is InChI=1S/C17H14ClN.C12H21N5/c1-4-7-13(6-3)16-11-15(18)14-9-8-12(5-2)10-17(14)19-16;1-4-5-17-10-12(13-14-17)11(2)16-8-6-15(3)7-9-16/h4-11H,1-3H2;10H,2,4-9H2,1,3H3/b13-7+;. The zero-order chi connectivity index (χ0) is 26.1. The van der Waals surface area contributed by atoms with Crippen LogP contribution >= 0.6 is 11.6 Å². The lowest BCUT2D eigenvalue weighted by atomic mass is 10.1. The molecule has 0 N–H and O–H groups in total. The molecule has 0 amide bonds. The summed E-state index contributed by atoms with van der Waals surface area (Å²) in [6.07, 6.45) is 10.2. The predicted octanol–water partition coefficient (Wildman–Crippen LogP) is 6.19. The van der Waals surface area contributed by atoms with Gasteiger partial charge in [-0.1, -0.05) is 86.5 Å². The normalized spacial score (nSPS) is 14.2. The van der Waals surface area contributed by atoms with Crippen LogP contribution in [0.2, 0.25) is 5.02 Å². The van der Waals surface area contributed by atoms with Gasteiger partial charge >= 0.3 is 0 Å². The summed E-state index contributed by atoms with van der Waals surface area (Å²) in [5.74, 6) is 0. The molecular formula is C29H35ClN6. The summed E-state index contributed by atoms with van der Waals surface area (Å²) < 4.78 is 1.89. The van der Waals surface area contributed by atoms with E-state index in [0.717, 1.165) is 78.3 Å². The fourth-order valence-corrected chi connectivity index (χ4v) is 4.13. The van der Waals surface area contributed by atoms with E-state index in [4.69, 9.17) is 11.6 Å². The minimum Gasteiger partial charge on any atom is -0.368 e. The summed E-state index contributed by atoms with van der Waals surface area (Å²) >= 11 is 6.31. The van der Waals surface area contributed by atoms with Crippen LogP contribution in [0.3, 0.4) is 0 Å². The molecule has 7 heteroatoms. The molecule has 0 atom stereocenters. The van der Waals surface area contributed by atoms with Crippen molar-refractivity contribution in [3.05, 3.63) is 97.0 Å². The van der Waals surface area contributed by atoms with Gasteiger partial charge in [0.1, 0.15) is 5.69 Å². The molecule has 3 heterocycles. The van der Waals surface area contributed by atoms with Crippen LogP contribution < -0.4 is 0 Å². The van der Waals surface area contributed by atoms with Crippen LogP contribution in [-0.2, 0) is 6.54 Å². The van der Waals surface area contributed by atoms with Crippen molar-refractivity contribution in [1.29, 1.82) is 0 Å². The van der Waals surface area contributed by atoms with Crippen LogP contribution in [0.4, 0.5) is 0 Å². The molecule has 1 aliphatic heterocycles. The number of halogens is 1. The number of pyridine rings is 1. The van der Waals surface area contributed by atoms with Gasteiger partial charge in [-0.15, -0.1) is 5.10 Å². The largest absolute Gasteiger partial charge is 0.368 e. The Morgan fingerprint density at radius 2 is 1.83 bits per heavy atom. The molecule has 4 rings (SSSR count). The van der Waals surface area contributed by atoms with Gasteiger partial charge in [0, 0.05) is 38.1 Å². The molecule has 36 heavy (non-hydrogen) atoms. The molecule has 2 aromatic heterocycles. The lowest BCUT2D eigenvalue weighted by Gasteiger charge is -2.34. The molecule has 0 aliphatic carbocycles. The van der Waals surface area contributed by atoms with E-state index in [0.29, 0.717) is 5.02 Å². The van der Waals surface area contributed by atoms with Crippen molar-refractivity contribution in [2.75, 3.05) is 33.2 Å². The van der Waals surface area contributed by atoms with Crippen molar-refractivity contribution in [3.63, 3.8) is 0 Å². The third kappa shape index (κ3) is 6.80. The number of allylic oxidation sites excluding steroid dienone is 4. The number of rotatable bonds is 8. The van der Waals surface area contributed by atoms with Gasteiger partial charge in [0.15, 0.2) is 0 Å². The Balaban J connectivity index is 0.000000202. The smallest absolute Gasteiger partial charge is 0.128 e. The number of piperazine rings is 1. The molecule has 1 saturated heterocycles. The number of benzene rings is 1. The van der Waals surface area contributed by atoms with Gasteiger partial charge < -0.3 is 9.80 Å². The maximum atomic E-state index is 6.31. The number of nitrogens with zero attached hydrogens (tertiary/aromatic N) is 6. The summed E-state index contributed by atoms with van der Waals surface area (Å²) in [5.41, 5.74) is 5.44. The molecule has 1 aromatic carbocycles. The highest BCUT2D eigenvalue weighted by Gasteiger charge is 2.17. The molecule has 0 spiro atoms. The third-order valence-corrected chi connectivity index (χ3v) is 6.32. The van der Waals surface area contributed by atoms with E-state index in [1.54, 1.807) is 18.2 Å². The number of hydrogen-bond acceptors (Lipinski definition) is 5. The van der Waals surface area contributed by atoms with E-state index in [9.17, 15) is 0 Å². The first-order valence-corrected chi connectivity index (χ1v) is 12.5. The van der Waals surface area contributed by atoms with Gasteiger partial charge in [-0.05, 0) is 36.7 Å². The third-order valence-electron chi connectivity index (χ3n) is 6.00. The summed E-state index contributed by atoms with van der Waals surface area (Å²) in [4.78, 5) is 9.24. The fourth-order valence-electron chi connectivity index (χ4n) is 3.87. The maximum absolute atomic E-state index is 6.31. The molecule has 1 fully saturated rings. The maximum Gasteiger partial charge on any atom is 0.128 e. The molecule has 0 unspecified atom stereocenters. The lowest BCUT2D eigenvalue weighted by Crippen LogP contribution is -2.43. The first kappa shape index (κ1) is 27.1. The van der Waals surface area contributed by atoms with Crippen LogP contribution in [0.1, 0.15) is 30.3 Å². The second kappa shape index (κ2) is 13.0. The minimum absolute atomic E-state index is 0.674. The lowest BCUT2D eigenvalue weighted by molar-refractivity contribution is 0.207. The zero-order valence-corrected chi connectivity index (χ0v) is 22.1. The molecular weight excluding hydrogens is 468 g/mol. The van der Waals surface area contributed by atoms with Crippen LogP contribution in [0.5, 0.6) is 0 Å². The number of fused-ring (bicyclic) bond motifs is 1. The van der Waals surface area contributed by atoms with Crippen molar-refractivity contribution >= 4 is 39.9 Å². The van der Waals surface area contributed by atoms with Crippen molar-refractivity contribution in [2.24, 2.45) is 0 Å². The molecule has 0 bridgehead atoms. The highest BCUT2D eigenvalue weighted by Crippen LogP contribution is 2.27. The van der Waals surface area contributed by atoms with E-state index in [2.05, 4.69) is 65.4 Å². The van der Waals surface area contributed by atoms with Gasteiger partial charge in [-0.25, -0.2) is 4.98 Å². The van der Waals surface area contributed by atoms with Gasteiger partial charge in [-0.3, -0.25) is 4.68 Å². The summed E-state index contributed by atoms with van der Waals surface area (Å²) in [6, 6.07) is 7.73. The number of likely N-dealkylation sites (N-methyl/N-ethyl adjacent to an activating group) is 1. The first-order valence-electron chi connectivity index (χ1n) is 12.1. The topological polar surface area (TPSA) is 50.1 Å². The quantitative estimate of drug-likeness (QED) is 0.343. The van der Waals surface area contributed by atoms with Gasteiger partial charge in [-0.2, -0.15) is 0 Å². The fraction of sp³-hybridized carbons (Fsp3) is 0.276. The average Bonchev–Trinajstić information content (AvgIpc) is 3.36. The second-order valence-electron chi connectivity index (χ2n) is 8.64. The monoisotopic (exact) mass is 502 g/mol. The predicted molar refractivity (Wildman–Crippen MR) is 154 cm³/mol. The number of hydrogen-bond donors (Lipinski definition) is 0. The Labute approximate surface area is 219 Å². The second-order valence-corrected chi connectivity index (χ2v) is 9.04. The van der Waals surface area contributed by atoms with Gasteiger partial charge in [0.05, 0.1) is 28.1 Å². The van der Waals surface area contributed by atoms with Crippen LogP contribution in [0.15, 0.2) is 75.0 Å². The highest BCUT2D eigenvalue weighted by molar-refractivity contribution is 6.35. The Hall–Kier alpha value is -3.48. The van der Waals surface area contributed by atoms with Crippen LogP contribution in [0, 0.1) is 0 Å². The van der Waals surface area contributed by atoms with E-state index in [1.165, 1.54) is 0 Å². The first-order chi connectivity index (χ1) is 17.4. The highest BCUT2D eigenvalue weighted by atomic mass is 35.5. The van der Waals surface area contributed by atoms with Crippen LogP contribution in [-0.4, -0.2) is 63.0 Å². The van der Waals surface area contributed by atoms with E-state index in [1.807, 2.05) is 41.2 Å². The van der Waals surface area contributed by atoms with Gasteiger partial charge in [0.2, 0.25) is 0 Å². The zero-order valence-electron chi connectivity index (χ0n) is 21.3. The van der Waals surface area contributed by atoms with Crippen LogP contribution in [0.25, 0.3) is 28.2 Å². The number of aryl methyl sites for hydroxylation is 1. The molecule has 1 aliphatic rings. The van der Waals surface area contributed by atoms with E-state index in [-0.39, 0.29) is 0 Å². The van der Waals surface area contributed by atoms with Crippen molar-refractivity contribution in [3.8, 4) is 0 Å². The SMILES string of the molecule is C=C(c1cn(CCC)nn1)N1CCN(C)CC1.C=C/C=C(\C=C)c1cc(Cl)c2ccc(C=C)cc2n1. The molecule has 0 saturated carbocycles. The Morgan fingerprint density at radius 1 is 1.08 bits per heavy atom. The molecule has 188 valence electrons. The Bertz CT molecular complexity index is 1260.